The maximum atomic E-state index is 13.4. The van der Waals surface area contributed by atoms with Crippen LogP contribution in [-0.2, 0) is 42.8 Å². The molecule has 3 aliphatic heterocycles. The van der Waals surface area contributed by atoms with Crippen molar-refractivity contribution < 1.29 is 104 Å². The number of ether oxygens (including phenoxy) is 6. The Hall–Kier alpha value is -2.53. The first-order valence-corrected chi connectivity index (χ1v) is 31.1. The van der Waals surface area contributed by atoms with Crippen molar-refractivity contribution in [3.8, 4) is 0 Å². The standard InChI is InChI=1S/C59H108N2O21/c1-4-6-8-10-12-14-16-18-19-21-23-25-27-29-31-33-46(69)61-40(41(66)32-30-28-26-24-22-20-17-15-13-11-9-7-5-2)38-77-56-51(73)50(72)53(45(37-64)79-56)80-57-52(74)55(49(71)44(36-63)78-57)82-59(58(75)76)34-42(67)47(60-39(3)65)54(81-59)48(70)43(68)35-62/h30,32,40-45,47-57,62-64,66-68,70-74H,4-29,31,33-38H2,1-3H3,(H,60,65)(H,61,69)(H,75,76)/b32-30+/t40-,41+,42+,43+,44?,45?,47+,48+,49-,50?,51?,52?,53-,54?,55?,56+,57-,59-/m0/s1. The van der Waals surface area contributed by atoms with Gasteiger partial charge < -0.3 is 100 Å². The number of hydrogen-bond donors (Lipinski definition) is 14. The number of rotatable bonds is 45. The molecule has 2 amide bonds. The lowest BCUT2D eigenvalue weighted by molar-refractivity contribution is -0.386. The van der Waals surface area contributed by atoms with E-state index in [-0.39, 0.29) is 12.3 Å². The van der Waals surface area contributed by atoms with Gasteiger partial charge in [0.05, 0.1) is 50.7 Å². The van der Waals surface area contributed by atoms with Gasteiger partial charge in [0.25, 0.3) is 5.79 Å². The van der Waals surface area contributed by atoms with E-state index in [2.05, 4.69) is 24.5 Å². The normalized spacial score (nSPS) is 30.2. The Balaban J connectivity index is 1.67. The highest BCUT2D eigenvalue weighted by atomic mass is 16.8. The lowest BCUT2D eigenvalue weighted by atomic mass is 9.88. The van der Waals surface area contributed by atoms with Crippen molar-refractivity contribution in [1.82, 2.24) is 10.6 Å². The van der Waals surface area contributed by atoms with Crippen LogP contribution in [-0.4, -0.2) is 215 Å². The fourth-order valence-corrected chi connectivity index (χ4v) is 10.9. The van der Waals surface area contributed by atoms with Crippen LogP contribution < -0.4 is 10.6 Å². The number of carbonyl (C=O) groups is 3. The van der Waals surface area contributed by atoms with E-state index in [1.807, 2.05) is 6.08 Å². The minimum Gasteiger partial charge on any atom is -0.477 e. The van der Waals surface area contributed by atoms with Crippen molar-refractivity contribution in [1.29, 1.82) is 0 Å². The molecule has 0 spiro atoms. The summed E-state index contributed by atoms with van der Waals surface area (Å²) >= 11 is 0. The fraction of sp³-hybridized carbons (Fsp3) is 0.915. The number of carboxylic acid groups (broad SMARTS) is 1. The molecule has 23 heteroatoms. The van der Waals surface area contributed by atoms with E-state index in [0.29, 0.717) is 12.8 Å². The van der Waals surface area contributed by atoms with Crippen LogP contribution in [0.25, 0.3) is 0 Å². The van der Waals surface area contributed by atoms with E-state index in [1.54, 1.807) is 6.08 Å². The van der Waals surface area contributed by atoms with Crippen molar-refractivity contribution in [3.63, 3.8) is 0 Å². The minimum atomic E-state index is -3.08. The van der Waals surface area contributed by atoms with Crippen molar-refractivity contribution in [2.75, 3.05) is 26.4 Å². The summed E-state index contributed by atoms with van der Waals surface area (Å²) in [6, 6.07) is -2.61. The lowest BCUT2D eigenvalue weighted by Crippen LogP contribution is -2.70. The summed E-state index contributed by atoms with van der Waals surface area (Å²) < 4.78 is 34.7. The van der Waals surface area contributed by atoms with Crippen molar-refractivity contribution in [2.24, 2.45) is 0 Å². The molecule has 23 nitrogen and oxygen atoms in total. The van der Waals surface area contributed by atoms with Crippen molar-refractivity contribution in [3.05, 3.63) is 12.2 Å². The van der Waals surface area contributed by atoms with Crippen LogP contribution in [0, 0.1) is 0 Å². The summed E-state index contributed by atoms with van der Waals surface area (Å²) in [5, 5.41) is 135. The van der Waals surface area contributed by atoms with E-state index < -0.39 is 155 Å². The molecule has 0 aliphatic carbocycles. The molecule has 3 fully saturated rings. The Morgan fingerprint density at radius 2 is 1.13 bits per heavy atom. The third kappa shape index (κ3) is 25.4. The highest BCUT2D eigenvalue weighted by Crippen LogP contribution is 2.38. The summed E-state index contributed by atoms with van der Waals surface area (Å²) in [6.45, 7) is 2.10. The monoisotopic (exact) mass is 1180 g/mol. The molecule has 82 heavy (non-hydrogen) atoms. The maximum absolute atomic E-state index is 13.4. The summed E-state index contributed by atoms with van der Waals surface area (Å²) in [5.41, 5.74) is 0. The molecular formula is C59H108N2O21. The molecule has 0 aromatic heterocycles. The molecule has 480 valence electrons. The molecule has 18 atom stereocenters. The Kier molecular flexibility index (Phi) is 37.4. The minimum absolute atomic E-state index is 0.204. The number of carbonyl (C=O) groups excluding carboxylic acids is 2. The second-order valence-electron chi connectivity index (χ2n) is 22.9. The molecule has 0 aromatic rings. The molecule has 7 unspecified atom stereocenters. The van der Waals surface area contributed by atoms with E-state index in [0.717, 1.165) is 51.9 Å². The average molecular weight is 1180 g/mol. The molecule has 3 aliphatic rings. The first-order valence-electron chi connectivity index (χ1n) is 31.1. The molecule has 14 N–H and O–H groups in total. The fourth-order valence-electron chi connectivity index (χ4n) is 10.9. The molecule has 0 radical (unpaired) electrons. The number of carboxylic acids is 1. The zero-order valence-electron chi connectivity index (χ0n) is 49.3. The van der Waals surface area contributed by atoms with Gasteiger partial charge in [-0.25, -0.2) is 4.79 Å². The Bertz CT molecular complexity index is 1740. The second kappa shape index (κ2) is 41.5. The van der Waals surface area contributed by atoms with Crippen LogP contribution in [0.1, 0.15) is 207 Å². The van der Waals surface area contributed by atoms with Crippen LogP contribution in [0.5, 0.6) is 0 Å². The number of nitrogens with one attached hydrogen (secondary N) is 2. The predicted octanol–water partition coefficient (Wildman–Crippen LogP) is 3.17. The van der Waals surface area contributed by atoms with E-state index in [4.69, 9.17) is 28.4 Å². The second-order valence-corrected chi connectivity index (χ2v) is 22.9. The third-order valence-electron chi connectivity index (χ3n) is 16.0. The third-order valence-corrected chi connectivity index (χ3v) is 16.0. The molecule has 0 saturated carbocycles. The molecule has 0 bridgehead atoms. The van der Waals surface area contributed by atoms with Gasteiger partial charge in [-0.05, 0) is 19.3 Å². The van der Waals surface area contributed by atoms with Gasteiger partial charge in [0.2, 0.25) is 11.8 Å². The number of allylic oxidation sites excluding steroid dienone is 1. The molecule has 3 rings (SSSR count). The number of hydrogen-bond acceptors (Lipinski definition) is 20. The Morgan fingerprint density at radius 3 is 1.62 bits per heavy atom. The highest BCUT2D eigenvalue weighted by Gasteiger charge is 2.60. The van der Waals surface area contributed by atoms with Crippen molar-refractivity contribution in [2.45, 2.75) is 317 Å². The summed E-state index contributed by atoms with van der Waals surface area (Å²) in [6.07, 6.45) is 5.61. The molecule has 0 aromatic carbocycles. The van der Waals surface area contributed by atoms with Crippen LogP contribution in [0.3, 0.4) is 0 Å². The van der Waals surface area contributed by atoms with E-state index in [1.165, 1.54) is 116 Å². The van der Waals surface area contributed by atoms with Gasteiger partial charge in [0.1, 0.15) is 67.1 Å². The van der Waals surface area contributed by atoms with Gasteiger partial charge in [-0.3, -0.25) is 9.59 Å². The smallest absolute Gasteiger partial charge is 0.364 e. The van der Waals surface area contributed by atoms with E-state index in [9.17, 15) is 75.7 Å². The maximum Gasteiger partial charge on any atom is 0.364 e. The molecular weight excluding hydrogens is 1070 g/mol. The van der Waals surface area contributed by atoms with Crippen LogP contribution in [0.15, 0.2) is 12.2 Å². The number of amides is 2. The number of aliphatic hydroxyl groups excluding tert-OH is 11. The largest absolute Gasteiger partial charge is 0.477 e. The Morgan fingerprint density at radius 1 is 0.634 bits per heavy atom. The van der Waals surface area contributed by atoms with Gasteiger partial charge >= 0.3 is 5.97 Å². The van der Waals surface area contributed by atoms with Gasteiger partial charge in [0, 0.05) is 19.8 Å². The van der Waals surface area contributed by atoms with Gasteiger partial charge in [-0.2, -0.15) is 0 Å². The number of aliphatic hydroxyl groups is 11. The van der Waals surface area contributed by atoms with Gasteiger partial charge in [0.15, 0.2) is 12.6 Å². The quantitative estimate of drug-likeness (QED) is 0.0307. The molecule has 3 heterocycles. The lowest BCUT2D eigenvalue weighted by Gasteiger charge is -2.50. The SMILES string of the molecule is CCCCCCCCCCCCC/C=C/[C@@H](O)[C@H](CO[C@@H]1OC(CO)[C@H](O[C@@H]2OC(CO)[C@H](O)C(O[C@]3(C(=O)O)C[C@@H](O)[C@@H](NC(C)=O)C([C@H](O)[C@H](O)CO)O3)C2O)C(O)C1O)NC(=O)CCCCCCCCCCCCCCCCC. The van der Waals surface area contributed by atoms with Crippen molar-refractivity contribution >= 4 is 17.8 Å². The Labute approximate surface area is 486 Å². The van der Waals surface area contributed by atoms with E-state index >= 15 is 0 Å². The summed E-state index contributed by atoms with van der Waals surface area (Å²) in [5.74, 6) is -6.14. The highest BCUT2D eigenvalue weighted by molar-refractivity contribution is 5.77. The zero-order valence-corrected chi connectivity index (χ0v) is 49.3. The van der Waals surface area contributed by atoms with Gasteiger partial charge in [-0.15, -0.1) is 0 Å². The van der Waals surface area contributed by atoms with Crippen LogP contribution >= 0.6 is 0 Å². The first-order chi connectivity index (χ1) is 39.4. The summed E-state index contributed by atoms with van der Waals surface area (Å²) in [4.78, 5) is 38.4. The van der Waals surface area contributed by atoms with Crippen LogP contribution in [0.4, 0.5) is 0 Å². The number of unbranched alkanes of at least 4 members (excludes halogenated alkanes) is 25. The van der Waals surface area contributed by atoms with Crippen LogP contribution in [0.2, 0.25) is 0 Å². The van der Waals surface area contributed by atoms with Gasteiger partial charge in [-0.1, -0.05) is 180 Å². The average Bonchev–Trinajstić information content (AvgIpc) is 3.65. The zero-order chi connectivity index (χ0) is 60.5. The molecule has 3 saturated heterocycles. The first kappa shape index (κ1) is 73.7. The summed E-state index contributed by atoms with van der Waals surface area (Å²) in [7, 11) is 0. The predicted molar refractivity (Wildman–Crippen MR) is 301 cm³/mol. The topological polar surface area (TPSA) is 373 Å². The number of aliphatic carboxylic acids is 1.